The fourth-order valence-electron chi connectivity index (χ4n) is 2.60. The van der Waals surface area contributed by atoms with Crippen LogP contribution in [0.2, 0.25) is 0 Å². The van der Waals surface area contributed by atoms with Crippen molar-refractivity contribution in [3.05, 3.63) is 72.1 Å². The van der Waals surface area contributed by atoms with E-state index in [1.807, 2.05) is 32.0 Å². The third kappa shape index (κ3) is 5.20. The van der Waals surface area contributed by atoms with E-state index in [1.165, 1.54) is 0 Å². The minimum Gasteiger partial charge on any atom is -0.484 e. The second-order valence-electron chi connectivity index (χ2n) is 6.36. The van der Waals surface area contributed by atoms with E-state index in [4.69, 9.17) is 4.74 Å². The van der Waals surface area contributed by atoms with Gasteiger partial charge in [0.1, 0.15) is 12.3 Å². The van der Waals surface area contributed by atoms with Gasteiger partial charge in [0.15, 0.2) is 6.61 Å². The number of nitrogens with one attached hydrogen (secondary N) is 2. The lowest BCUT2D eigenvalue weighted by Crippen LogP contribution is -2.21. The van der Waals surface area contributed by atoms with Gasteiger partial charge in [0, 0.05) is 23.8 Å². The van der Waals surface area contributed by atoms with E-state index in [-0.39, 0.29) is 25.0 Å². The van der Waals surface area contributed by atoms with Crippen molar-refractivity contribution in [3.63, 3.8) is 0 Å². The van der Waals surface area contributed by atoms with Crippen molar-refractivity contribution in [1.82, 2.24) is 9.78 Å². The molecule has 2 N–H and O–H groups in total. The normalized spacial score (nSPS) is 10.4. The van der Waals surface area contributed by atoms with Gasteiger partial charge < -0.3 is 15.4 Å². The van der Waals surface area contributed by atoms with Gasteiger partial charge in [-0.2, -0.15) is 5.10 Å². The van der Waals surface area contributed by atoms with Gasteiger partial charge in [-0.05, 0) is 61.4 Å². The molecule has 0 bridgehead atoms. The number of carbonyl (C=O) groups excluding carboxylic acids is 2. The van der Waals surface area contributed by atoms with Gasteiger partial charge in [-0.3, -0.25) is 14.3 Å². The van der Waals surface area contributed by atoms with E-state index >= 15 is 0 Å². The van der Waals surface area contributed by atoms with Gasteiger partial charge >= 0.3 is 0 Å². The maximum atomic E-state index is 12.1. The first-order chi connectivity index (χ1) is 13.5. The highest BCUT2D eigenvalue weighted by Gasteiger charge is 2.08. The molecule has 0 spiro atoms. The Bertz CT molecular complexity index is 950. The quantitative estimate of drug-likeness (QED) is 0.661. The van der Waals surface area contributed by atoms with Crippen LogP contribution in [-0.4, -0.2) is 28.2 Å². The Hall–Kier alpha value is -3.61. The third-order valence-electron chi connectivity index (χ3n) is 4.25. The number of hydrogen-bond donors (Lipinski definition) is 2. The summed E-state index contributed by atoms with van der Waals surface area (Å²) in [5.74, 6) is 0.136. The highest BCUT2D eigenvalue weighted by molar-refractivity contribution is 5.93. The second-order valence-corrected chi connectivity index (χ2v) is 6.36. The van der Waals surface area contributed by atoms with Crippen LogP contribution in [0.4, 0.5) is 11.4 Å². The number of amides is 2. The smallest absolute Gasteiger partial charge is 0.262 e. The summed E-state index contributed by atoms with van der Waals surface area (Å²) < 4.78 is 7.06. The SMILES string of the molecule is Cc1cccc(NC(=O)COc2ccc(NC(=O)Cn3cccn3)cc2)c1C. The number of rotatable bonds is 7. The topological polar surface area (TPSA) is 85.3 Å². The summed E-state index contributed by atoms with van der Waals surface area (Å²) >= 11 is 0. The number of aryl methyl sites for hydroxylation is 1. The molecule has 0 radical (unpaired) electrons. The lowest BCUT2D eigenvalue weighted by atomic mass is 10.1. The molecule has 3 rings (SSSR count). The van der Waals surface area contributed by atoms with Crippen LogP contribution in [0.5, 0.6) is 5.75 Å². The Morgan fingerprint density at radius 2 is 1.79 bits per heavy atom. The number of anilines is 2. The number of ether oxygens (including phenoxy) is 1. The molecular weight excluding hydrogens is 356 g/mol. The molecule has 0 saturated heterocycles. The van der Waals surface area contributed by atoms with E-state index in [0.29, 0.717) is 11.4 Å². The Labute approximate surface area is 163 Å². The number of carbonyl (C=O) groups is 2. The van der Waals surface area contributed by atoms with Gasteiger partial charge in [-0.15, -0.1) is 0 Å². The lowest BCUT2D eigenvalue weighted by Gasteiger charge is -2.11. The average Bonchev–Trinajstić information content (AvgIpc) is 3.18. The van der Waals surface area contributed by atoms with Crippen LogP contribution in [0.3, 0.4) is 0 Å². The van der Waals surface area contributed by atoms with Crippen LogP contribution in [0.1, 0.15) is 11.1 Å². The van der Waals surface area contributed by atoms with E-state index in [2.05, 4.69) is 15.7 Å². The predicted octanol–water partition coefficient (Wildman–Crippen LogP) is 3.16. The van der Waals surface area contributed by atoms with Crippen molar-refractivity contribution < 1.29 is 14.3 Å². The lowest BCUT2D eigenvalue weighted by molar-refractivity contribution is -0.118. The number of aromatic nitrogens is 2. The fourth-order valence-corrected chi connectivity index (χ4v) is 2.60. The molecule has 0 aliphatic heterocycles. The zero-order valence-corrected chi connectivity index (χ0v) is 15.8. The largest absolute Gasteiger partial charge is 0.484 e. The van der Waals surface area contributed by atoms with Gasteiger partial charge in [0.2, 0.25) is 5.91 Å². The molecule has 2 amide bonds. The van der Waals surface area contributed by atoms with Gasteiger partial charge in [-0.25, -0.2) is 0 Å². The summed E-state index contributed by atoms with van der Waals surface area (Å²) in [6.07, 6.45) is 3.34. The van der Waals surface area contributed by atoms with Crippen molar-refractivity contribution in [2.24, 2.45) is 0 Å². The summed E-state index contributed by atoms with van der Waals surface area (Å²) in [5, 5.41) is 9.62. The summed E-state index contributed by atoms with van der Waals surface area (Å²) in [4.78, 5) is 24.1. The number of nitrogens with zero attached hydrogens (tertiary/aromatic N) is 2. The van der Waals surface area contributed by atoms with E-state index in [0.717, 1.165) is 16.8 Å². The fraction of sp³-hybridized carbons (Fsp3) is 0.190. The Morgan fingerprint density at radius 1 is 1.00 bits per heavy atom. The summed E-state index contributed by atoms with van der Waals surface area (Å²) in [6.45, 7) is 4.00. The van der Waals surface area contributed by atoms with Crippen molar-refractivity contribution in [2.45, 2.75) is 20.4 Å². The van der Waals surface area contributed by atoms with Crippen LogP contribution < -0.4 is 15.4 Å². The first kappa shape index (κ1) is 19.2. The molecule has 0 aliphatic carbocycles. The van der Waals surface area contributed by atoms with Crippen LogP contribution in [0.15, 0.2) is 60.9 Å². The third-order valence-corrected chi connectivity index (χ3v) is 4.25. The van der Waals surface area contributed by atoms with E-state index in [1.54, 1.807) is 47.4 Å². The summed E-state index contributed by atoms with van der Waals surface area (Å²) in [6, 6.07) is 14.4. The minimum atomic E-state index is -0.231. The average molecular weight is 378 g/mol. The van der Waals surface area contributed by atoms with Crippen LogP contribution >= 0.6 is 0 Å². The van der Waals surface area contributed by atoms with Crippen molar-refractivity contribution in [3.8, 4) is 5.75 Å². The summed E-state index contributed by atoms with van der Waals surface area (Å²) in [5.41, 5.74) is 3.57. The molecule has 144 valence electrons. The molecule has 0 atom stereocenters. The molecule has 1 aromatic heterocycles. The van der Waals surface area contributed by atoms with Crippen LogP contribution in [0, 0.1) is 13.8 Å². The minimum absolute atomic E-state index is 0.0988. The second kappa shape index (κ2) is 8.85. The van der Waals surface area contributed by atoms with Gasteiger partial charge in [-0.1, -0.05) is 12.1 Å². The standard InChI is InChI=1S/C21H22N4O3/c1-15-5-3-6-19(16(15)2)24-21(27)14-28-18-9-7-17(8-10-18)23-20(26)13-25-12-4-11-22-25/h3-12H,13-14H2,1-2H3,(H,23,26)(H,24,27). The summed E-state index contributed by atoms with van der Waals surface area (Å²) in [7, 11) is 0. The monoisotopic (exact) mass is 378 g/mol. The van der Waals surface area contributed by atoms with Crippen LogP contribution in [-0.2, 0) is 16.1 Å². The van der Waals surface area contributed by atoms with E-state index in [9.17, 15) is 9.59 Å². The zero-order valence-electron chi connectivity index (χ0n) is 15.8. The number of hydrogen-bond acceptors (Lipinski definition) is 4. The molecule has 0 aliphatic rings. The molecule has 7 heteroatoms. The molecule has 0 unspecified atom stereocenters. The Kier molecular flexibility index (Phi) is 6.06. The molecule has 0 fully saturated rings. The van der Waals surface area contributed by atoms with Crippen LogP contribution in [0.25, 0.3) is 0 Å². The van der Waals surface area contributed by atoms with Crippen molar-refractivity contribution in [1.29, 1.82) is 0 Å². The molecule has 1 heterocycles. The maximum absolute atomic E-state index is 12.1. The molecular formula is C21H22N4O3. The van der Waals surface area contributed by atoms with Gasteiger partial charge in [0.05, 0.1) is 0 Å². The number of benzene rings is 2. The van der Waals surface area contributed by atoms with Crippen molar-refractivity contribution >= 4 is 23.2 Å². The van der Waals surface area contributed by atoms with E-state index < -0.39 is 0 Å². The molecule has 3 aromatic rings. The predicted molar refractivity (Wildman–Crippen MR) is 107 cm³/mol. The first-order valence-electron chi connectivity index (χ1n) is 8.87. The molecule has 7 nitrogen and oxygen atoms in total. The molecule has 28 heavy (non-hydrogen) atoms. The maximum Gasteiger partial charge on any atom is 0.262 e. The molecule has 2 aromatic carbocycles. The first-order valence-corrected chi connectivity index (χ1v) is 8.87. The van der Waals surface area contributed by atoms with Gasteiger partial charge in [0.25, 0.3) is 5.91 Å². The zero-order chi connectivity index (χ0) is 19.9. The Morgan fingerprint density at radius 3 is 2.50 bits per heavy atom. The van der Waals surface area contributed by atoms with Crippen molar-refractivity contribution in [2.75, 3.05) is 17.2 Å². The highest BCUT2D eigenvalue weighted by atomic mass is 16.5. The highest BCUT2D eigenvalue weighted by Crippen LogP contribution is 2.18. The Balaban J connectivity index is 1.48. The molecule has 0 saturated carbocycles.